The Balaban J connectivity index is 0.00000161. The first-order valence-corrected chi connectivity index (χ1v) is 6.71. The lowest BCUT2D eigenvalue weighted by molar-refractivity contribution is -0.689. The summed E-state index contributed by atoms with van der Waals surface area (Å²) in [6, 6.07) is 19.9. The molecule has 21 heavy (non-hydrogen) atoms. The van der Waals surface area contributed by atoms with Crippen LogP contribution in [0.3, 0.4) is 0 Å². The van der Waals surface area contributed by atoms with Crippen LogP contribution in [0.5, 0.6) is 0 Å². The molecule has 0 bridgehead atoms. The Bertz CT molecular complexity index is 783. The van der Waals surface area contributed by atoms with Crippen LogP contribution in [0.25, 0.3) is 10.8 Å². The van der Waals surface area contributed by atoms with Crippen LogP contribution in [0.1, 0.15) is 16.1 Å². The topological polar surface area (TPSA) is 20.9 Å². The lowest BCUT2D eigenvalue weighted by atomic mass is 10.0. The van der Waals surface area contributed by atoms with Crippen molar-refractivity contribution in [2.24, 2.45) is 0 Å². The summed E-state index contributed by atoms with van der Waals surface area (Å²) in [6.45, 7) is 2.39. The Labute approximate surface area is 134 Å². The van der Waals surface area contributed by atoms with E-state index in [1.165, 1.54) is 0 Å². The number of pyridine rings is 1. The third kappa shape index (κ3) is 3.37. The van der Waals surface area contributed by atoms with Crippen molar-refractivity contribution in [1.82, 2.24) is 0 Å². The fraction of sp³-hybridized carbons (Fsp3) is 0.111. The predicted molar refractivity (Wildman–Crippen MR) is 79.7 cm³/mol. The Hall–Kier alpha value is -2.00. The molecule has 0 aliphatic heterocycles. The van der Waals surface area contributed by atoms with E-state index >= 15 is 0 Å². The van der Waals surface area contributed by atoms with E-state index in [9.17, 15) is 4.79 Å². The third-order valence-corrected chi connectivity index (χ3v) is 3.55. The van der Waals surface area contributed by atoms with Gasteiger partial charge in [-0.05, 0) is 16.8 Å². The maximum Gasteiger partial charge on any atom is 0.227 e. The van der Waals surface area contributed by atoms with E-state index in [-0.39, 0.29) is 22.8 Å². The molecule has 2 nitrogen and oxygen atoms in total. The van der Waals surface area contributed by atoms with Crippen molar-refractivity contribution in [3.05, 3.63) is 78.1 Å². The van der Waals surface area contributed by atoms with Crippen molar-refractivity contribution in [3.63, 3.8) is 0 Å². The van der Waals surface area contributed by atoms with Gasteiger partial charge in [0.2, 0.25) is 12.3 Å². The minimum atomic E-state index is 0. The Morgan fingerprint density at radius 3 is 2.43 bits per heavy atom. The van der Waals surface area contributed by atoms with Gasteiger partial charge in [-0.1, -0.05) is 42.5 Å². The number of aryl methyl sites for hydroxylation is 1. The summed E-state index contributed by atoms with van der Waals surface area (Å²) in [6.07, 6.45) is 1.94. The quantitative estimate of drug-likeness (QED) is 0.496. The summed E-state index contributed by atoms with van der Waals surface area (Å²) in [7, 11) is 0. The van der Waals surface area contributed by atoms with E-state index in [0.29, 0.717) is 6.54 Å². The van der Waals surface area contributed by atoms with Crippen molar-refractivity contribution in [3.8, 4) is 0 Å². The van der Waals surface area contributed by atoms with Crippen LogP contribution in [-0.2, 0) is 6.54 Å². The summed E-state index contributed by atoms with van der Waals surface area (Å²) in [5, 5.41) is 2.26. The number of rotatable bonds is 3. The summed E-state index contributed by atoms with van der Waals surface area (Å²) in [5.41, 5.74) is 1.85. The summed E-state index contributed by atoms with van der Waals surface area (Å²) in [5.74, 6) is 0.134. The highest BCUT2D eigenvalue weighted by Gasteiger charge is 2.14. The average molecular weight is 342 g/mol. The first-order chi connectivity index (χ1) is 9.74. The molecule has 2 aromatic carbocycles. The number of hydrogen-bond donors (Lipinski definition) is 0. The molecule has 0 saturated heterocycles. The second-order valence-corrected chi connectivity index (χ2v) is 4.96. The lowest BCUT2D eigenvalue weighted by Gasteiger charge is -2.02. The molecular weight excluding hydrogens is 326 g/mol. The zero-order valence-electron chi connectivity index (χ0n) is 11.8. The summed E-state index contributed by atoms with van der Waals surface area (Å²) in [4.78, 5) is 12.4. The van der Waals surface area contributed by atoms with Gasteiger partial charge in [0, 0.05) is 24.6 Å². The molecule has 0 aliphatic carbocycles. The van der Waals surface area contributed by atoms with E-state index in [2.05, 4.69) is 6.07 Å². The molecule has 1 heterocycles. The molecule has 0 saturated carbocycles. The first kappa shape index (κ1) is 15.4. The molecule has 0 N–H and O–H groups in total. The van der Waals surface area contributed by atoms with E-state index < -0.39 is 0 Å². The average Bonchev–Trinajstić information content (AvgIpc) is 2.49. The van der Waals surface area contributed by atoms with Crippen LogP contribution in [0.2, 0.25) is 0 Å². The normalized spacial score (nSPS) is 10.1. The lowest BCUT2D eigenvalue weighted by Crippen LogP contribution is -3.00. The minimum Gasteiger partial charge on any atom is -1.00 e. The number of carbonyl (C=O) groups is 1. The number of ketones is 1. The fourth-order valence-corrected chi connectivity index (χ4v) is 2.35. The molecular formula is C18H16BrNO. The molecule has 0 atom stereocenters. The highest BCUT2D eigenvalue weighted by molar-refractivity contribution is 5.99. The molecule has 0 spiro atoms. The minimum absolute atomic E-state index is 0. The zero-order chi connectivity index (χ0) is 13.9. The monoisotopic (exact) mass is 341 g/mol. The number of aromatic nitrogens is 1. The van der Waals surface area contributed by atoms with Crippen LogP contribution in [0.15, 0.2) is 66.9 Å². The molecule has 0 amide bonds. The van der Waals surface area contributed by atoms with Gasteiger partial charge in [-0.25, -0.2) is 0 Å². The number of fused-ring (bicyclic) bond motifs is 1. The Morgan fingerprint density at radius 1 is 0.952 bits per heavy atom. The maximum absolute atomic E-state index is 12.4. The molecule has 0 fully saturated rings. The van der Waals surface area contributed by atoms with Gasteiger partial charge in [-0.3, -0.25) is 4.79 Å². The van der Waals surface area contributed by atoms with E-state index in [4.69, 9.17) is 0 Å². The number of hydrogen-bond acceptors (Lipinski definition) is 1. The molecule has 3 heteroatoms. The van der Waals surface area contributed by atoms with Crippen LogP contribution >= 0.6 is 0 Å². The SMILES string of the molecule is Cc1cccc[n+]1CC(=O)c1ccc2ccccc2c1.[Br-]. The van der Waals surface area contributed by atoms with E-state index in [1.54, 1.807) is 0 Å². The Morgan fingerprint density at radius 2 is 1.67 bits per heavy atom. The van der Waals surface area contributed by atoms with Crippen LogP contribution in [0, 0.1) is 6.92 Å². The van der Waals surface area contributed by atoms with Crippen molar-refractivity contribution in [1.29, 1.82) is 0 Å². The molecule has 106 valence electrons. The van der Waals surface area contributed by atoms with Crippen molar-refractivity contribution in [2.45, 2.75) is 13.5 Å². The molecule has 0 unspecified atom stereocenters. The van der Waals surface area contributed by atoms with Gasteiger partial charge < -0.3 is 17.0 Å². The van der Waals surface area contributed by atoms with Crippen molar-refractivity contribution >= 4 is 16.6 Å². The molecule has 1 aromatic heterocycles. The predicted octanol–water partition coefficient (Wildman–Crippen LogP) is 0.323. The summed E-state index contributed by atoms with van der Waals surface area (Å²) >= 11 is 0. The van der Waals surface area contributed by atoms with Gasteiger partial charge in [-0.15, -0.1) is 0 Å². The highest BCUT2D eigenvalue weighted by atomic mass is 79.9. The number of carbonyl (C=O) groups excluding carboxylic acids is 1. The van der Waals surface area contributed by atoms with Crippen LogP contribution < -0.4 is 21.5 Å². The standard InChI is InChI=1S/C18H16NO.BrH/c1-14-6-4-5-11-19(14)13-18(20)17-10-9-15-7-2-3-8-16(15)12-17;/h2-12H,13H2,1H3;1H/q+1;/p-1. The van der Waals surface area contributed by atoms with Crippen LogP contribution in [-0.4, -0.2) is 5.78 Å². The second-order valence-electron chi connectivity index (χ2n) is 4.96. The molecule has 0 radical (unpaired) electrons. The fourth-order valence-electron chi connectivity index (χ4n) is 2.35. The van der Waals surface area contributed by atoms with Crippen LogP contribution in [0.4, 0.5) is 0 Å². The molecule has 0 aliphatic rings. The Kier molecular flexibility index (Phi) is 4.86. The number of halogens is 1. The van der Waals surface area contributed by atoms with Crippen molar-refractivity contribution < 1.29 is 26.3 Å². The molecule has 3 aromatic rings. The van der Waals surface area contributed by atoms with Gasteiger partial charge in [-0.2, -0.15) is 4.57 Å². The molecule has 3 rings (SSSR count). The zero-order valence-corrected chi connectivity index (χ0v) is 13.4. The number of Topliss-reactive ketones (excluding diaryl/α,β-unsaturated/α-hetero) is 1. The van der Waals surface area contributed by atoms with Gasteiger partial charge in [0.1, 0.15) is 0 Å². The number of benzene rings is 2. The third-order valence-electron chi connectivity index (χ3n) is 3.55. The first-order valence-electron chi connectivity index (χ1n) is 6.71. The van der Waals surface area contributed by atoms with Gasteiger partial charge >= 0.3 is 0 Å². The maximum atomic E-state index is 12.4. The second kappa shape index (κ2) is 6.64. The highest BCUT2D eigenvalue weighted by Crippen LogP contribution is 2.16. The van der Waals surface area contributed by atoms with E-state index in [1.807, 2.05) is 72.3 Å². The van der Waals surface area contributed by atoms with E-state index in [0.717, 1.165) is 22.0 Å². The van der Waals surface area contributed by atoms with Crippen molar-refractivity contribution in [2.75, 3.05) is 0 Å². The van der Waals surface area contributed by atoms with Gasteiger partial charge in [0.25, 0.3) is 0 Å². The smallest absolute Gasteiger partial charge is 0.227 e. The summed E-state index contributed by atoms with van der Waals surface area (Å²) < 4.78 is 1.97. The van der Waals surface area contributed by atoms with Gasteiger partial charge in [0.15, 0.2) is 11.9 Å². The number of nitrogens with zero attached hydrogens (tertiary/aromatic N) is 1. The largest absolute Gasteiger partial charge is 1.00 e. The van der Waals surface area contributed by atoms with Gasteiger partial charge in [0.05, 0.1) is 0 Å².